The minimum atomic E-state index is -3.65. The van der Waals surface area contributed by atoms with Crippen molar-refractivity contribution in [3.8, 4) is 0 Å². The lowest BCUT2D eigenvalue weighted by Gasteiger charge is -2.14. The fraction of sp³-hybridized carbons (Fsp3) is 0.200. The summed E-state index contributed by atoms with van der Waals surface area (Å²) in [5.41, 5.74) is 6.50. The first-order valence-electron chi connectivity index (χ1n) is 6.48. The molecule has 3 N–H and O–H groups in total. The average molecular weight is 308 g/mol. The van der Waals surface area contributed by atoms with E-state index in [1.165, 1.54) is 12.1 Å². The molecule has 0 aromatic heterocycles. The average Bonchev–Trinajstić information content (AvgIpc) is 2.42. The Bertz CT molecular complexity index is 718. The number of sulfonamides is 1. The van der Waals surface area contributed by atoms with Gasteiger partial charge in [-0.3, -0.25) is 4.72 Å². The molecule has 0 radical (unpaired) electrons. The molecule has 0 bridgehead atoms. The van der Waals surface area contributed by atoms with Crippen LogP contribution in [0.1, 0.15) is 18.4 Å². The zero-order valence-electron chi connectivity index (χ0n) is 11.6. The van der Waals surface area contributed by atoms with E-state index in [1.807, 2.05) is 37.3 Å². The molecular formula is C15H17FN2O2S. The van der Waals surface area contributed by atoms with Crippen molar-refractivity contribution < 1.29 is 12.8 Å². The summed E-state index contributed by atoms with van der Waals surface area (Å²) in [5, 5.41) is 0. The van der Waals surface area contributed by atoms with Gasteiger partial charge in [-0.1, -0.05) is 37.3 Å². The SMILES string of the molecule is CC(CS(=O)(=O)Nc1ccc(N)cc1F)c1ccccc1. The van der Waals surface area contributed by atoms with Crippen LogP contribution in [-0.4, -0.2) is 14.2 Å². The Kier molecular flexibility index (Phi) is 4.47. The molecule has 0 saturated carbocycles. The third-order valence-electron chi connectivity index (χ3n) is 3.10. The minimum Gasteiger partial charge on any atom is -0.399 e. The Labute approximate surface area is 123 Å². The standard InChI is InChI=1S/C15H17FN2O2S/c1-11(12-5-3-2-4-6-12)10-21(19,20)18-15-8-7-13(17)9-14(15)16/h2-9,11,18H,10,17H2,1H3. The zero-order chi connectivity index (χ0) is 15.5. The van der Waals surface area contributed by atoms with Crippen molar-refractivity contribution in [2.75, 3.05) is 16.2 Å². The summed E-state index contributed by atoms with van der Waals surface area (Å²) in [6, 6.07) is 13.1. The lowest BCUT2D eigenvalue weighted by molar-refractivity contribution is 0.593. The molecule has 0 aliphatic carbocycles. The van der Waals surface area contributed by atoms with Crippen LogP contribution in [0.3, 0.4) is 0 Å². The molecule has 0 aliphatic rings. The molecule has 0 fully saturated rings. The van der Waals surface area contributed by atoms with Crippen LogP contribution in [0, 0.1) is 5.82 Å². The van der Waals surface area contributed by atoms with Crippen molar-refractivity contribution >= 4 is 21.4 Å². The quantitative estimate of drug-likeness (QED) is 0.834. The largest absolute Gasteiger partial charge is 0.399 e. The Morgan fingerprint density at radius 1 is 1.19 bits per heavy atom. The summed E-state index contributed by atoms with van der Waals surface area (Å²) in [6.07, 6.45) is 0. The van der Waals surface area contributed by atoms with Crippen LogP contribution in [0.5, 0.6) is 0 Å². The fourth-order valence-electron chi connectivity index (χ4n) is 2.03. The van der Waals surface area contributed by atoms with Crippen LogP contribution in [0.4, 0.5) is 15.8 Å². The molecule has 1 atom stereocenters. The zero-order valence-corrected chi connectivity index (χ0v) is 12.4. The molecule has 0 aliphatic heterocycles. The smallest absolute Gasteiger partial charge is 0.233 e. The first-order valence-corrected chi connectivity index (χ1v) is 8.13. The number of nitrogens with two attached hydrogens (primary N) is 1. The number of hydrogen-bond donors (Lipinski definition) is 2. The van der Waals surface area contributed by atoms with Gasteiger partial charge >= 0.3 is 0 Å². The second-order valence-corrected chi connectivity index (χ2v) is 6.70. The lowest BCUT2D eigenvalue weighted by atomic mass is 10.0. The van der Waals surface area contributed by atoms with Gasteiger partial charge in [-0.2, -0.15) is 0 Å². The Balaban J connectivity index is 2.12. The maximum Gasteiger partial charge on any atom is 0.233 e. The van der Waals surface area contributed by atoms with Gasteiger partial charge < -0.3 is 5.73 Å². The van der Waals surface area contributed by atoms with Crippen molar-refractivity contribution in [2.24, 2.45) is 0 Å². The topological polar surface area (TPSA) is 72.2 Å². The van der Waals surface area contributed by atoms with Crippen LogP contribution < -0.4 is 10.5 Å². The third-order valence-corrected chi connectivity index (χ3v) is 4.57. The van der Waals surface area contributed by atoms with E-state index in [0.29, 0.717) is 0 Å². The summed E-state index contributed by atoms with van der Waals surface area (Å²) in [4.78, 5) is 0. The van der Waals surface area contributed by atoms with Crippen molar-refractivity contribution in [1.82, 2.24) is 0 Å². The minimum absolute atomic E-state index is 0.0931. The van der Waals surface area contributed by atoms with Gasteiger partial charge in [-0.15, -0.1) is 0 Å². The van der Waals surface area contributed by atoms with Crippen LogP contribution in [0.25, 0.3) is 0 Å². The summed E-state index contributed by atoms with van der Waals surface area (Å²) in [6.45, 7) is 1.81. The highest BCUT2D eigenvalue weighted by atomic mass is 32.2. The van der Waals surface area contributed by atoms with E-state index in [0.717, 1.165) is 11.6 Å². The summed E-state index contributed by atoms with van der Waals surface area (Å²) in [5.74, 6) is -1.01. The second-order valence-electron chi connectivity index (χ2n) is 4.93. The van der Waals surface area contributed by atoms with Crippen LogP contribution in [-0.2, 0) is 10.0 Å². The summed E-state index contributed by atoms with van der Waals surface area (Å²) in [7, 11) is -3.65. The highest BCUT2D eigenvalue weighted by Crippen LogP contribution is 2.21. The van der Waals surface area contributed by atoms with Gasteiger partial charge in [-0.05, 0) is 29.7 Å². The molecule has 2 aromatic rings. The molecule has 21 heavy (non-hydrogen) atoms. The molecule has 0 saturated heterocycles. The molecule has 6 heteroatoms. The molecule has 4 nitrogen and oxygen atoms in total. The third kappa shape index (κ3) is 4.19. The molecule has 112 valence electrons. The highest BCUT2D eigenvalue weighted by Gasteiger charge is 2.18. The fourth-order valence-corrected chi connectivity index (χ4v) is 3.46. The van der Waals surface area contributed by atoms with Gasteiger partial charge in [0.15, 0.2) is 0 Å². The van der Waals surface area contributed by atoms with Gasteiger partial charge in [0.2, 0.25) is 10.0 Å². The second kappa shape index (κ2) is 6.13. The predicted molar refractivity (Wildman–Crippen MR) is 83.1 cm³/mol. The van der Waals surface area contributed by atoms with Crippen molar-refractivity contribution in [3.63, 3.8) is 0 Å². The van der Waals surface area contributed by atoms with E-state index in [1.54, 1.807) is 0 Å². The molecular weight excluding hydrogens is 291 g/mol. The number of nitrogens with one attached hydrogen (secondary N) is 1. The van der Waals surface area contributed by atoms with Crippen molar-refractivity contribution in [2.45, 2.75) is 12.8 Å². The van der Waals surface area contributed by atoms with Gasteiger partial charge in [0.05, 0.1) is 11.4 Å². The van der Waals surface area contributed by atoms with E-state index < -0.39 is 15.8 Å². The van der Waals surface area contributed by atoms with Gasteiger partial charge in [0.25, 0.3) is 0 Å². The molecule has 0 amide bonds. The Morgan fingerprint density at radius 2 is 1.86 bits per heavy atom. The van der Waals surface area contributed by atoms with E-state index in [-0.39, 0.29) is 23.0 Å². The monoisotopic (exact) mass is 308 g/mol. The summed E-state index contributed by atoms with van der Waals surface area (Å²) < 4.78 is 40.1. The number of benzene rings is 2. The van der Waals surface area contributed by atoms with Crippen LogP contribution in [0.2, 0.25) is 0 Å². The van der Waals surface area contributed by atoms with Gasteiger partial charge in [0, 0.05) is 5.69 Å². The van der Waals surface area contributed by atoms with E-state index in [9.17, 15) is 12.8 Å². The number of anilines is 2. The predicted octanol–water partition coefficient (Wildman–Crippen LogP) is 2.95. The number of nitrogen functional groups attached to an aromatic ring is 1. The van der Waals surface area contributed by atoms with Crippen LogP contribution >= 0.6 is 0 Å². The number of halogens is 1. The van der Waals surface area contributed by atoms with Crippen molar-refractivity contribution in [1.29, 1.82) is 0 Å². The molecule has 0 heterocycles. The normalized spacial score (nSPS) is 12.9. The molecule has 2 rings (SSSR count). The van der Waals surface area contributed by atoms with E-state index >= 15 is 0 Å². The highest BCUT2D eigenvalue weighted by molar-refractivity contribution is 7.92. The molecule has 1 unspecified atom stereocenters. The Morgan fingerprint density at radius 3 is 2.48 bits per heavy atom. The van der Waals surface area contributed by atoms with Crippen LogP contribution in [0.15, 0.2) is 48.5 Å². The van der Waals surface area contributed by atoms with E-state index in [2.05, 4.69) is 4.72 Å². The molecule has 2 aromatic carbocycles. The summed E-state index contributed by atoms with van der Waals surface area (Å²) >= 11 is 0. The lowest BCUT2D eigenvalue weighted by Crippen LogP contribution is -2.21. The number of hydrogen-bond acceptors (Lipinski definition) is 3. The van der Waals surface area contributed by atoms with E-state index in [4.69, 9.17) is 5.73 Å². The first-order chi connectivity index (χ1) is 9.87. The molecule has 0 spiro atoms. The maximum atomic E-state index is 13.6. The maximum absolute atomic E-state index is 13.6. The van der Waals surface area contributed by atoms with Crippen molar-refractivity contribution in [3.05, 3.63) is 59.9 Å². The Hall–Kier alpha value is -2.08. The first kappa shape index (κ1) is 15.3. The van der Waals surface area contributed by atoms with Gasteiger partial charge in [-0.25, -0.2) is 12.8 Å². The van der Waals surface area contributed by atoms with Gasteiger partial charge in [0.1, 0.15) is 5.82 Å². The number of rotatable bonds is 5.